The molecule has 1 spiro atoms. The summed E-state index contributed by atoms with van der Waals surface area (Å²) in [5, 5.41) is 14.5. The smallest absolute Gasteiger partial charge is 0.245 e. The number of hydrogen-bond acceptors (Lipinski definition) is 5. The van der Waals surface area contributed by atoms with E-state index in [1.807, 2.05) is 29.0 Å². The summed E-state index contributed by atoms with van der Waals surface area (Å²) in [5.41, 5.74) is 5.29. The number of carbonyl (C=O) groups is 2. The molecule has 7 rings (SSSR count). The van der Waals surface area contributed by atoms with E-state index in [-0.39, 0.29) is 35.4 Å². The van der Waals surface area contributed by atoms with Crippen molar-refractivity contribution < 1.29 is 9.59 Å². The number of halogens is 1. The summed E-state index contributed by atoms with van der Waals surface area (Å²) in [6.07, 6.45) is 7.36. The lowest BCUT2D eigenvalue weighted by atomic mass is 9.60. The summed E-state index contributed by atoms with van der Waals surface area (Å²) in [6.45, 7) is 12.5. The number of amides is 2. The first-order valence-electron chi connectivity index (χ1n) is 13.9. The standard InChI is InChI=1S/C29H34ClN7O2/c1-5-24(39)35-14-29(15-35)9-21(10-29)37-17(3)25(26-22-11-31-32-23(22)8-16(2)27(26)30)28(33-37)36-19-6-7-20(36)13-34(12-19)18(4)38/h5,8,11,19-21H,1,6-7,9-10,12-15H2,2-4H3,(H,31,32). The minimum atomic E-state index is 0.0160. The molecule has 39 heavy (non-hydrogen) atoms. The maximum Gasteiger partial charge on any atom is 0.245 e. The van der Waals surface area contributed by atoms with Gasteiger partial charge in [0.1, 0.15) is 0 Å². The zero-order chi connectivity index (χ0) is 27.2. The van der Waals surface area contributed by atoms with Crippen LogP contribution in [0.3, 0.4) is 0 Å². The molecule has 2 unspecified atom stereocenters. The molecule has 2 aromatic heterocycles. The molecule has 1 saturated carbocycles. The molecule has 5 heterocycles. The van der Waals surface area contributed by atoms with Crippen LogP contribution in [0.15, 0.2) is 24.9 Å². The van der Waals surface area contributed by atoms with Crippen molar-refractivity contribution in [3.63, 3.8) is 0 Å². The van der Waals surface area contributed by atoms with Gasteiger partial charge in [-0.2, -0.15) is 10.2 Å². The van der Waals surface area contributed by atoms with Crippen LogP contribution in [0.25, 0.3) is 22.0 Å². The summed E-state index contributed by atoms with van der Waals surface area (Å²) < 4.78 is 2.22. The van der Waals surface area contributed by atoms with Gasteiger partial charge in [-0.25, -0.2) is 0 Å². The minimum absolute atomic E-state index is 0.0160. The molecule has 2 atom stereocenters. The second-order valence-electron chi connectivity index (χ2n) is 12.1. The van der Waals surface area contributed by atoms with E-state index in [1.165, 1.54) is 6.08 Å². The highest BCUT2D eigenvalue weighted by molar-refractivity contribution is 6.36. The van der Waals surface area contributed by atoms with Crippen LogP contribution in [-0.2, 0) is 9.59 Å². The van der Waals surface area contributed by atoms with E-state index < -0.39 is 0 Å². The summed E-state index contributed by atoms with van der Waals surface area (Å²) in [5.74, 6) is 1.12. The molecule has 4 aliphatic rings. The summed E-state index contributed by atoms with van der Waals surface area (Å²) >= 11 is 7.08. The number of anilines is 1. The van der Waals surface area contributed by atoms with Crippen LogP contribution < -0.4 is 4.90 Å². The van der Waals surface area contributed by atoms with E-state index in [1.54, 1.807) is 6.92 Å². The van der Waals surface area contributed by atoms with Crippen LogP contribution in [0.1, 0.15) is 49.9 Å². The molecule has 2 bridgehead atoms. The Kier molecular flexibility index (Phi) is 5.43. The Morgan fingerprint density at radius 1 is 1.10 bits per heavy atom. The predicted octanol–water partition coefficient (Wildman–Crippen LogP) is 4.25. The van der Waals surface area contributed by atoms with Gasteiger partial charge in [0, 0.05) is 72.8 Å². The monoisotopic (exact) mass is 547 g/mol. The maximum atomic E-state index is 12.3. The number of likely N-dealkylation sites (tertiary alicyclic amines) is 2. The van der Waals surface area contributed by atoms with Gasteiger partial charge in [0.25, 0.3) is 0 Å². The van der Waals surface area contributed by atoms with Crippen molar-refractivity contribution in [2.45, 2.75) is 64.6 Å². The number of hydrogen-bond donors (Lipinski definition) is 1. The number of aromatic amines is 1. The topological polar surface area (TPSA) is 90.4 Å². The first-order valence-corrected chi connectivity index (χ1v) is 14.2. The first-order chi connectivity index (χ1) is 18.7. The number of aryl methyl sites for hydroxylation is 1. The Morgan fingerprint density at radius 3 is 2.44 bits per heavy atom. The third-order valence-electron chi connectivity index (χ3n) is 9.64. The Morgan fingerprint density at radius 2 is 1.79 bits per heavy atom. The van der Waals surface area contributed by atoms with Crippen LogP contribution in [0.2, 0.25) is 5.02 Å². The number of nitrogens with zero attached hydrogens (tertiary/aromatic N) is 6. The Balaban J connectivity index is 1.31. The third kappa shape index (κ3) is 3.58. The molecule has 1 N–H and O–H groups in total. The Hall–Kier alpha value is -3.33. The van der Waals surface area contributed by atoms with E-state index in [0.717, 1.165) is 96.0 Å². The molecule has 3 aliphatic heterocycles. The van der Waals surface area contributed by atoms with E-state index in [9.17, 15) is 9.59 Å². The van der Waals surface area contributed by atoms with Crippen LogP contribution in [0.4, 0.5) is 5.82 Å². The molecule has 2 amide bonds. The lowest BCUT2D eigenvalue weighted by Gasteiger charge is -2.58. The SMILES string of the molecule is C=CC(=O)N1CC2(CC(n3nc(N4C5CCC4CN(C(C)=O)C5)c(-c4c(Cl)c(C)cc5[nH]ncc45)c3C)C2)C1. The van der Waals surface area contributed by atoms with E-state index in [0.29, 0.717) is 0 Å². The molecule has 3 aromatic rings. The summed E-state index contributed by atoms with van der Waals surface area (Å²) in [4.78, 5) is 30.6. The van der Waals surface area contributed by atoms with Crippen molar-refractivity contribution in [3.8, 4) is 11.1 Å². The molecule has 0 radical (unpaired) electrons. The number of nitrogens with one attached hydrogen (secondary N) is 1. The summed E-state index contributed by atoms with van der Waals surface area (Å²) in [7, 11) is 0. The fraction of sp³-hybridized carbons (Fsp3) is 0.517. The van der Waals surface area contributed by atoms with Gasteiger partial charge in [-0.05, 0) is 57.2 Å². The van der Waals surface area contributed by atoms with Crippen LogP contribution >= 0.6 is 11.6 Å². The number of fused-ring (bicyclic) bond motifs is 3. The summed E-state index contributed by atoms with van der Waals surface area (Å²) in [6, 6.07) is 2.79. The quantitative estimate of drug-likeness (QED) is 0.493. The zero-order valence-corrected chi connectivity index (χ0v) is 23.5. The van der Waals surface area contributed by atoms with E-state index in [2.05, 4.69) is 33.3 Å². The number of rotatable bonds is 4. The Bertz CT molecular complexity index is 1510. The van der Waals surface area contributed by atoms with Gasteiger partial charge in [-0.15, -0.1) is 0 Å². The van der Waals surface area contributed by atoms with Crippen LogP contribution in [-0.4, -0.2) is 79.9 Å². The fourth-order valence-corrected chi connectivity index (χ4v) is 7.95. The number of carbonyl (C=O) groups excluding carboxylic acids is 2. The van der Waals surface area contributed by atoms with Gasteiger partial charge in [0.15, 0.2) is 5.82 Å². The van der Waals surface area contributed by atoms with Crippen molar-refractivity contribution in [1.29, 1.82) is 0 Å². The highest BCUT2D eigenvalue weighted by atomic mass is 35.5. The number of piperazine rings is 1. The number of H-pyrrole nitrogens is 1. The second-order valence-corrected chi connectivity index (χ2v) is 12.5. The minimum Gasteiger partial charge on any atom is -0.345 e. The lowest BCUT2D eigenvalue weighted by Crippen LogP contribution is -2.63. The third-order valence-corrected chi connectivity index (χ3v) is 10.1. The average molecular weight is 548 g/mol. The molecule has 9 nitrogen and oxygen atoms in total. The van der Waals surface area contributed by atoms with Gasteiger partial charge in [0.2, 0.25) is 11.8 Å². The molecule has 10 heteroatoms. The molecule has 1 aromatic carbocycles. The predicted molar refractivity (Wildman–Crippen MR) is 151 cm³/mol. The molecular formula is C29H34ClN7O2. The van der Waals surface area contributed by atoms with Gasteiger partial charge < -0.3 is 14.7 Å². The van der Waals surface area contributed by atoms with Crippen molar-refractivity contribution >= 4 is 40.1 Å². The average Bonchev–Trinajstić information content (AvgIpc) is 3.52. The number of aromatic nitrogens is 4. The maximum absolute atomic E-state index is 12.3. The lowest BCUT2D eigenvalue weighted by molar-refractivity contribution is -0.149. The van der Waals surface area contributed by atoms with E-state index in [4.69, 9.17) is 16.7 Å². The van der Waals surface area contributed by atoms with Crippen molar-refractivity contribution in [3.05, 3.63) is 41.2 Å². The zero-order valence-electron chi connectivity index (χ0n) is 22.7. The molecule has 3 saturated heterocycles. The van der Waals surface area contributed by atoms with Crippen LogP contribution in [0, 0.1) is 19.3 Å². The normalized spacial score (nSPS) is 23.8. The van der Waals surface area contributed by atoms with Crippen LogP contribution in [0.5, 0.6) is 0 Å². The van der Waals surface area contributed by atoms with Crippen molar-refractivity contribution in [2.24, 2.45) is 5.41 Å². The molecular weight excluding hydrogens is 514 g/mol. The number of benzene rings is 1. The molecule has 204 valence electrons. The van der Waals surface area contributed by atoms with Gasteiger partial charge in [0.05, 0.1) is 22.8 Å². The van der Waals surface area contributed by atoms with Crippen molar-refractivity contribution in [2.75, 3.05) is 31.1 Å². The largest absolute Gasteiger partial charge is 0.345 e. The van der Waals surface area contributed by atoms with Crippen molar-refractivity contribution in [1.82, 2.24) is 29.8 Å². The Labute approximate surface area is 232 Å². The second kappa shape index (κ2) is 8.58. The van der Waals surface area contributed by atoms with Gasteiger partial charge in [-0.1, -0.05) is 18.2 Å². The highest BCUT2D eigenvalue weighted by Gasteiger charge is 2.55. The van der Waals surface area contributed by atoms with E-state index >= 15 is 0 Å². The molecule has 4 fully saturated rings. The fourth-order valence-electron chi connectivity index (χ4n) is 7.70. The van der Waals surface area contributed by atoms with Gasteiger partial charge >= 0.3 is 0 Å². The van der Waals surface area contributed by atoms with Gasteiger partial charge in [-0.3, -0.25) is 19.4 Å². The highest BCUT2D eigenvalue weighted by Crippen LogP contribution is 2.56. The molecule has 1 aliphatic carbocycles. The first kappa shape index (κ1) is 24.7.